The Morgan fingerprint density at radius 2 is 2.12 bits per heavy atom. The highest BCUT2D eigenvalue weighted by Crippen LogP contribution is 2.37. The molecule has 1 aliphatic rings. The summed E-state index contributed by atoms with van der Waals surface area (Å²) < 4.78 is 37.9. The van der Waals surface area contributed by atoms with Gasteiger partial charge in [-0.3, -0.25) is 0 Å². The molecule has 1 aromatic rings. The van der Waals surface area contributed by atoms with Crippen LogP contribution in [0, 0.1) is 0 Å². The summed E-state index contributed by atoms with van der Waals surface area (Å²) in [5.41, 5.74) is 0.824. The molecule has 1 heterocycles. The Labute approximate surface area is 98.4 Å². The molecule has 2 nitrogen and oxygen atoms in total. The second-order valence-corrected chi connectivity index (χ2v) is 4.25. The van der Waals surface area contributed by atoms with E-state index in [2.05, 4.69) is 5.32 Å². The highest BCUT2D eigenvalue weighted by molar-refractivity contribution is 5.73. The predicted octanol–water partition coefficient (Wildman–Crippen LogP) is 3.35. The monoisotopic (exact) mass is 244 g/mol. The lowest BCUT2D eigenvalue weighted by Crippen LogP contribution is -2.42. The normalized spacial score (nSPS) is 19.8. The number of fused-ring (bicyclic) bond motifs is 1. The van der Waals surface area contributed by atoms with Crippen LogP contribution < -0.4 is 10.2 Å². The third-order valence-corrected chi connectivity index (χ3v) is 3.10. The van der Waals surface area contributed by atoms with E-state index in [1.54, 1.807) is 0 Å². The molecule has 1 aromatic carbocycles. The maximum absolute atomic E-state index is 12.6. The van der Waals surface area contributed by atoms with E-state index in [1.807, 2.05) is 18.7 Å². The number of rotatable bonds is 1. The Bertz CT molecular complexity index is 415. The van der Waals surface area contributed by atoms with Crippen LogP contribution in [0.1, 0.15) is 19.4 Å². The minimum absolute atomic E-state index is 0.205. The maximum Gasteiger partial charge on any atom is 0.416 e. The van der Waals surface area contributed by atoms with Crippen LogP contribution in [0.4, 0.5) is 24.5 Å². The summed E-state index contributed by atoms with van der Waals surface area (Å²) in [6, 6.07) is 4.06. The quantitative estimate of drug-likeness (QED) is 0.815. The largest absolute Gasteiger partial charge is 0.416 e. The van der Waals surface area contributed by atoms with Gasteiger partial charge in [0.15, 0.2) is 0 Å². The van der Waals surface area contributed by atoms with Crippen molar-refractivity contribution in [3.8, 4) is 0 Å². The molecule has 0 amide bonds. The molecule has 0 fully saturated rings. The molecule has 0 radical (unpaired) electrons. The van der Waals surface area contributed by atoms with Gasteiger partial charge < -0.3 is 10.2 Å². The summed E-state index contributed by atoms with van der Waals surface area (Å²) in [4.78, 5) is 1.99. The Morgan fingerprint density at radius 3 is 2.71 bits per heavy atom. The van der Waals surface area contributed by atoms with Gasteiger partial charge in [-0.05, 0) is 32.0 Å². The fourth-order valence-corrected chi connectivity index (χ4v) is 2.18. The van der Waals surface area contributed by atoms with Crippen LogP contribution in [0.15, 0.2) is 18.2 Å². The van der Waals surface area contributed by atoms with E-state index in [0.717, 1.165) is 18.3 Å². The van der Waals surface area contributed by atoms with Crippen molar-refractivity contribution in [2.45, 2.75) is 26.1 Å². The summed E-state index contributed by atoms with van der Waals surface area (Å²) in [6.07, 6.45) is -4.28. The van der Waals surface area contributed by atoms with Gasteiger partial charge >= 0.3 is 6.18 Å². The second-order valence-electron chi connectivity index (χ2n) is 4.25. The molecular weight excluding hydrogens is 229 g/mol. The third kappa shape index (κ3) is 2.18. The van der Waals surface area contributed by atoms with Crippen molar-refractivity contribution < 1.29 is 13.2 Å². The van der Waals surface area contributed by atoms with E-state index in [0.29, 0.717) is 12.2 Å². The lowest BCUT2D eigenvalue weighted by Gasteiger charge is -2.37. The van der Waals surface area contributed by atoms with Crippen LogP contribution in [0.2, 0.25) is 0 Å². The highest BCUT2D eigenvalue weighted by Gasteiger charge is 2.32. The Balaban J connectivity index is 2.45. The first kappa shape index (κ1) is 12.1. The zero-order valence-corrected chi connectivity index (χ0v) is 9.80. The number of benzene rings is 1. The number of hydrogen-bond acceptors (Lipinski definition) is 2. The third-order valence-electron chi connectivity index (χ3n) is 3.10. The van der Waals surface area contributed by atoms with E-state index < -0.39 is 11.7 Å². The van der Waals surface area contributed by atoms with Gasteiger partial charge in [0.1, 0.15) is 0 Å². The smallest absolute Gasteiger partial charge is 0.381 e. The molecule has 1 unspecified atom stereocenters. The molecule has 17 heavy (non-hydrogen) atoms. The molecule has 1 aliphatic heterocycles. The molecule has 2 rings (SSSR count). The van der Waals surface area contributed by atoms with Crippen molar-refractivity contribution in [3.63, 3.8) is 0 Å². The van der Waals surface area contributed by atoms with Crippen molar-refractivity contribution in [2.75, 3.05) is 23.3 Å². The molecule has 0 bridgehead atoms. The molecule has 0 aromatic heterocycles. The van der Waals surface area contributed by atoms with Crippen molar-refractivity contribution >= 4 is 11.4 Å². The molecule has 0 saturated heterocycles. The minimum atomic E-state index is -4.28. The number of hydrogen-bond donors (Lipinski definition) is 1. The average Bonchev–Trinajstić information content (AvgIpc) is 2.27. The van der Waals surface area contributed by atoms with Gasteiger partial charge in [-0.15, -0.1) is 0 Å². The lowest BCUT2D eigenvalue weighted by molar-refractivity contribution is -0.137. The number of anilines is 2. The van der Waals surface area contributed by atoms with Gasteiger partial charge in [0.25, 0.3) is 0 Å². The van der Waals surface area contributed by atoms with Gasteiger partial charge in [-0.2, -0.15) is 13.2 Å². The summed E-state index contributed by atoms with van der Waals surface area (Å²) in [7, 11) is 0. The van der Waals surface area contributed by atoms with Crippen molar-refractivity contribution in [1.29, 1.82) is 0 Å². The Kier molecular flexibility index (Phi) is 2.93. The van der Waals surface area contributed by atoms with E-state index >= 15 is 0 Å². The molecule has 0 spiro atoms. The van der Waals surface area contributed by atoms with Crippen LogP contribution in [-0.2, 0) is 6.18 Å². The second kappa shape index (κ2) is 4.13. The predicted molar refractivity (Wildman–Crippen MR) is 62.4 cm³/mol. The summed E-state index contributed by atoms with van der Waals surface area (Å²) in [6.45, 7) is 5.41. The number of nitrogens with zero attached hydrogens (tertiary/aromatic N) is 1. The summed E-state index contributed by atoms with van der Waals surface area (Å²) >= 11 is 0. The lowest BCUT2D eigenvalue weighted by atomic mass is 10.1. The van der Waals surface area contributed by atoms with Gasteiger partial charge in [0.2, 0.25) is 0 Å². The fourth-order valence-electron chi connectivity index (χ4n) is 2.18. The van der Waals surface area contributed by atoms with Crippen LogP contribution >= 0.6 is 0 Å². The molecule has 1 atom stereocenters. The maximum atomic E-state index is 12.6. The van der Waals surface area contributed by atoms with Crippen LogP contribution in [0.5, 0.6) is 0 Å². The highest BCUT2D eigenvalue weighted by atomic mass is 19.4. The first-order chi connectivity index (χ1) is 7.93. The van der Waals surface area contributed by atoms with Gasteiger partial charge in [-0.25, -0.2) is 0 Å². The van der Waals surface area contributed by atoms with Gasteiger partial charge in [0, 0.05) is 19.1 Å². The van der Waals surface area contributed by atoms with Crippen LogP contribution in [-0.4, -0.2) is 19.1 Å². The number of halogens is 3. The molecule has 94 valence electrons. The average molecular weight is 244 g/mol. The Morgan fingerprint density at radius 1 is 1.41 bits per heavy atom. The first-order valence-corrected chi connectivity index (χ1v) is 5.65. The summed E-state index contributed by atoms with van der Waals surface area (Å²) in [5, 5.41) is 3.15. The zero-order chi connectivity index (χ0) is 12.6. The van der Waals surface area contributed by atoms with E-state index in [1.165, 1.54) is 12.1 Å². The summed E-state index contributed by atoms with van der Waals surface area (Å²) in [5.74, 6) is 0. The molecule has 0 saturated carbocycles. The number of likely N-dealkylation sites (N-methyl/N-ethyl adjacent to an activating group) is 1. The van der Waals surface area contributed by atoms with Gasteiger partial charge in [0.05, 0.1) is 16.9 Å². The molecule has 0 aliphatic carbocycles. The first-order valence-electron chi connectivity index (χ1n) is 5.65. The van der Waals surface area contributed by atoms with Crippen molar-refractivity contribution in [1.82, 2.24) is 0 Å². The van der Waals surface area contributed by atoms with Crippen molar-refractivity contribution in [3.05, 3.63) is 23.8 Å². The topological polar surface area (TPSA) is 15.3 Å². The zero-order valence-electron chi connectivity index (χ0n) is 9.80. The van der Waals surface area contributed by atoms with Crippen LogP contribution in [0.25, 0.3) is 0 Å². The molecular formula is C12H15F3N2. The van der Waals surface area contributed by atoms with Gasteiger partial charge in [-0.1, -0.05) is 0 Å². The standard InChI is InChI=1S/C12H15F3N2/c1-3-17-8(2)7-16-10-5-4-9(6-11(10)17)12(13,14)15/h4-6,8,16H,3,7H2,1-2H3. The number of alkyl halides is 3. The van der Waals surface area contributed by atoms with E-state index in [4.69, 9.17) is 0 Å². The van der Waals surface area contributed by atoms with E-state index in [-0.39, 0.29) is 6.04 Å². The number of nitrogens with one attached hydrogen (secondary N) is 1. The minimum Gasteiger partial charge on any atom is -0.381 e. The Hall–Kier alpha value is -1.39. The molecule has 1 N–H and O–H groups in total. The van der Waals surface area contributed by atoms with Crippen molar-refractivity contribution in [2.24, 2.45) is 0 Å². The fraction of sp³-hybridized carbons (Fsp3) is 0.500. The molecule has 5 heteroatoms. The van der Waals surface area contributed by atoms with E-state index in [9.17, 15) is 13.2 Å². The SMILES string of the molecule is CCN1c2cc(C(F)(F)F)ccc2NCC1C. The van der Waals surface area contributed by atoms with Crippen LogP contribution in [0.3, 0.4) is 0 Å².